The Hall–Kier alpha value is -1.07. The van der Waals surface area contributed by atoms with Crippen LogP contribution in [0.2, 0.25) is 0 Å². The largest absolute Gasteiger partial charge is 0.367 e. The average Bonchev–Trinajstić information content (AvgIpc) is 3.00. The zero-order valence-corrected chi connectivity index (χ0v) is 13.5. The van der Waals surface area contributed by atoms with E-state index in [4.69, 9.17) is 10.00 Å². The quantitative estimate of drug-likeness (QED) is 0.325. The second kappa shape index (κ2) is 8.27. The molecule has 0 N–H and O–H groups in total. The zero-order valence-electron chi connectivity index (χ0n) is 13.5. The maximum absolute atomic E-state index is 8.47. The van der Waals surface area contributed by atoms with E-state index in [1.54, 1.807) is 0 Å². The molecular weight excluding hydrogens is 246 g/mol. The molecule has 0 aromatic rings. The fraction of sp³-hybridized carbons (Fsp3) is 0.722. The van der Waals surface area contributed by atoms with Gasteiger partial charge in [-0.3, -0.25) is 0 Å². The molecule has 112 valence electrons. The topological polar surface area (TPSA) is 36.3 Å². The lowest BCUT2D eigenvalue weighted by Crippen LogP contribution is -2.02. The molecule has 1 unspecified atom stereocenters. The molecule has 2 heteroatoms. The van der Waals surface area contributed by atoms with Crippen LogP contribution >= 0.6 is 0 Å². The SMILES string of the molecule is CC(=CCC/C(C)=C/CCCC#N)CCC1OC1(C)C. The molecule has 1 saturated heterocycles. The molecule has 1 fully saturated rings. The molecule has 0 bridgehead atoms. The highest BCUT2D eigenvalue weighted by atomic mass is 16.6. The number of nitriles is 1. The summed E-state index contributed by atoms with van der Waals surface area (Å²) in [6.07, 6.45) is 12.4. The molecule has 0 spiro atoms. The lowest BCUT2D eigenvalue weighted by Gasteiger charge is -2.02. The van der Waals surface area contributed by atoms with Gasteiger partial charge in [-0.1, -0.05) is 23.3 Å². The second-order valence-electron chi connectivity index (χ2n) is 6.44. The molecule has 0 saturated carbocycles. The number of unbranched alkanes of at least 4 members (excludes halogenated alkanes) is 2. The molecule has 0 aromatic heterocycles. The highest BCUT2D eigenvalue weighted by molar-refractivity contribution is 5.05. The highest BCUT2D eigenvalue weighted by Crippen LogP contribution is 2.38. The van der Waals surface area contributed by atoms with Crippen molar-refractivity contribution in [3.63, 3.8) is 0 Å². The molecule has 1 aliphatic rings. The highest BCUT2D eigenvalue weighted by Gasteiger charge is 2.46. The maximum atomic E-state index is 8.47. The van der Waals surface area contributed by atoms with Crippen molar-refractivity contribution in [2.24, 2.45) is 0 Å². The molecule has 2 nitrogen and oxygen atoms in total. The van der Waals surface area contributed by atoms with Gasteiger partial charge in [0.05, 0.1) is 17.8 Å². The molecule has 0 aromatic carbocycles. The Morgan fingerprint density at radius 1 is 1.15 bits per heavy atom. The minimum Gasteiger partial charge on any atom is -0.367 e. The number of nitrogens with zero attached hydrogens (tertiary/aromatic N) is 1. The molecule has 0 amide bonds. The van der Waals surface area contributed by atoms with Crippen LogP contribution in [0.5, 0.6) is 0 Å². The lowest BCUT2D eigenvalue weighted by molar-refractivity contribution is 0.320. The summed E-state index contributed by atoms with van der Waals surface area (Å²) in [6.45, 7) is 8.74. The van der Waals surface area contributed by atoms with E-state index in [0.29, 0.717) is 12.5 Å². The second-order valence-corrected chi connectivity index (χ2v) is 6.44. The van der Waals surface area contributed by atoms with E-state index in [0.717, 1.165) is 38.5 Å². The normalized spacial score (nSPS) is 21.6. The Morgan fingerprint density at radius 3 is 2.35 bits per heavy atom. The van der Waals surface area contributed by atoms with Crippen molar-refractivity contribution in [1.82, 2.24) is 0 Å². The number of hydrogen-bond donors (Lipinski definition) is 0. The van der Waals surface area contributed by atoms with E-state index in [2.05, 4.69) is 45.9 Å². The fourth-order valence-corrected chi connectivity index (χ4v) is 2.38. The van der Waals surface area contributed by atoms with Crippen molar-refractivity contribution in [3.8, 4) is 6.07 Å². The van der Waals surface area contributed by atoms with Gasteiger partial charge in [0.2, 0.25) is 0 Å². The van der Waals surface area contributed by atoms with Crippen molar-refractivity contribution in [2.45, 2.75) is 84.3 Å². The summed E-state index contributed by atoms with van der Waals surface area (Å²) in [5.41, 5.74) is 3.05. The van der Waals surface area contributed by atoms with Gasteiger partial charge in [0, 0.05) is 6.42 Å². The molecular formula is C18H29NO. The standard InChI is InChI=1S/C18H29NO/c1-15(9-6-5-7-14-19)10-8-11-16(2)12-13-17-18(3,4)20-17/h9,11,17H,5-8,10,12-13H2,1-4H3/b15-9+,16-11?. The first-order valence-electron chi connectivity index (χ1n) is 7.81. The number of hydrogen-bond acceptors (Lipinski definition) is 2. The third kappa shape index (κ3) is 6.91. The van der Waals surface area contributed by atoms with Gasteiger partial charge in [0.25, 0.3) is 0 Å². The Labute approximate surface area is 124 Å². The Morgan fingerprint density at radius 2 is 1.75 bits per heavy atom. The van der Waals surface area contributed by atoms with Crippen molar-refractivity contribution < 1.29 is 4.74 Å². The first-order chi connectivity index (χ1) is 9.45. The molecule has 0 radical (unpaired) electrons. The lowest BCUT2D eigenvalue weighted by atomic mass is 10.0. The van der Waals surface area contributed by atoms with Crippen LogP contribution in [-0.4, -0.2) is 11.7 Å². The molecule has 0 aliphatic carbocycles. The Kier molecular flexibility index (Phi) is 7.02. The van der Waals surface area contributed by atoms with E-state index in [9.17, 15) is 0 Å². The molecule has 20 heavy (non-hydrogen) atoms. The van der Waals surface area contributed by atoms with Gasteiger partial charge in [-0.25, -0.2) is 0 Å². The Bertz CT molecular complexity index is 398. The van der Waals surface area contributed by atoms with Crippen molar-refractivity contribution in [1.29, 1.82) is 5.26 Å². The van der Waals surface area contributed by atoms with E-state index in [1.807, 2.05) is 0 Å². The maximum Gasteiger partial charge on any atom is 0.0892 e. The summed E-state index contributed by atoms with van der Waals surface area (Å²) in [5, 5.41) is 8.47. The van der Waals surface area contributed by atoms with Gasteiger partial charge >= 0.3 is 0 Å². The first-order valence-corrected chi connectivity index (χ1v) is 7.81. The van der Waals surface area contributed by atoms with Crippen molar-refractivity contribution in [2.75, 3.05) is 0 Å². The summed E-state index contributed by atoms with van der Waals surface area (Å²) >= 11 is 0. The van der Waals surface area contributed by atoms with Crippen LogP contribution in [0.1, 0.15) is 72.6 Å². The third-order valence-corrected chi connectivity index (χ3v) is 3.98. The number of allylic oxidation sites excluding steroid dienone is 4. The van der Waals surface area contributed by atoms with Crippen LogP contribution in [0.3, 0.4) is 0 Å². The van der Waals surface area contributed by atoms with E-state index in [-0.39, 0.29) is 5.60 Å². The van der Waals surface area contributed by atoms with Gasteiger partial charge in [-0.15, -0.1) is 0 Å². The van der Waals surface area contributed by atoms with E-state index >= 15 is 0 Å². The minimum absolute atomic E-state index is 0.128. The molecule has 1 rings (SSSR count). The van der Waals surface area contributed by atoms with Crippen LogP contribution in [0.15, 0.2) is 23.3 Å². The number of rotatable bonds is 9. The number of ether oxygens (including phenoxy) is 1. The first kappa shape index (κ1) is 17.0. The zero-order chi connectivity index (χ0) is 15.0. The van der Waals surface area contributed by atoms with Crippen LogP contribution in [0, 0.1) is 11.3 Å². The summed E-state index contributed by atoms with van der Waals surface area (Å²) in [4.78, 5) is 0. The molecule has 1 aliphatic heterocycles. The summed E-state index contributed by atoms with van der Waals surface area (Å²) < 4.78 is 5.60. The van der Waals surface area contributed by atoms with Crippen molar-refractivity contribution in [3.05, 3.63) is 23.3 Å². The smallest absolute Gasteiger partial charge is 0.0892 e. The fourth-order valence-electron chi connectivity index (χ4n) is 2.38. The van der Waals surface area contributed by atoms with Crippen LogP contribution in [0.4, 0.5) is 0 Å². The van der Waals surface area contributed by atoms with Gasteiger partial charge in [0.15, 0.2) is 0 Å². The van der Waals surface area contributed by atoms with E-state index < -0.39 is 0 Å². The average molecular weight is 275 g/mol. The summed E-state index contributed by atoms with van der Waals surface area (Å²) in [6, 6.07) is 2.18. The van der Waals surface area contributed by atoms with Crippen LogP contribution in [-0.2, 0) is 4.74 Å². The summed E-state index contributed by atoms with van der Waals surface area (Å²) in [7, 11) is 0. The predicted molar refractivity (Wildman–Crippen MR) is 84.4 cm³/mol. The molecule has 1 heterocycles. The predicted octanol–water partition coefficient (Wildman–Crippen LogP) is 5.31. The van der Waals surface area contributed by atoms with Gasteiger partial charge in [-0.05, 0) is 66.2 Å². The Balaban J connectivity index is 2.11. The van der Waals surface area contributed by atoms with Crippen LogP contribution < -0.4 is 0 Å². The monoisotopic (exact) mass is 275 g/mol. The summed E-state index contributed by atoms with van der Waals surface area (Å²) in [5.74, 6) is 0. The van der Waals surface area contributed by atoms with Gasteiger partial charge < -0.3 is 4.74 Å². The van der Waals surface area contributed by atoms with Crippen LogP contribution in [0.25, 0.3) is 0 Å². The third-order valence-electron chi connectivity index (χ3n) is 3.98. The number of epoxide rings is 1. The van der Waals surface area contributed by atoms with E-state index in [1.165, 1.54) is 11.1 Å². The van der Waals surface area contributed by atoms with Crippen molar-refractivity contribution >= 4 is 0 Å². The van der Waals surface area contributed by atoms with Gasteiger partial charge in [-0.2, -0.15) is 5.26 Å². The minimum atomic E-state index is 0.128. The molecule has 1 atom stereocenters. The van der Waals surface area contributed by atoms with Gasteiger partial charge in [0.1, 0.15) is 0 Å².